The normalized spacial score (nSPS) is 0.800. The number of hydrogen-bond acceptors (Lipinski definition) is 2. The zero-order chi connectivity index (χ0) is 2.71. The second-order valence-electron chi connectivity index (χ2n) is 0.0833. The van der Waals surface area contributed by atoms with Gasteiger partial charge in [-0.05, 0) is 0 Å². The summed E-state index contributed by atoms with van der Waals surface area (Å²) in [5, 5.41) is 0. The molecule has 9 nitrogen and oxygen atoms in total. The SMILES string of the molecule is O.O.O.O.O.O.O.[O]=[Ce]=[O]. The van der Waals surface area contributed by atoms with Crippen molar-refractivity contribution < 1.29 is 78.0 Å². The van der Waals surface area contributed by atoms with Gasteiger partial charge in [-0.2, -0.15) is 0 Å². The fraction of sp³-hybridized carbons (Fsp3) is 0. The first kappa shape index (κ1) is 138. The summed E-state index contributed by atoms with van der Waals surface area (Å²) in [6.45, 7) is 0. The summed E-state index contributed by atoms with van der Waals surface area (Å²) in [7, 11) is 0. The molecule has 0 fully saturated rings. The summed E-state index contributed by atoms with van der Waals surface area (Å²) in [5.41, 5.74) is 0. The molecule has 0 aliphatic carbocycles. The summed E-state index contributed by atoms with van der Waals surface area (Å²) >= 11 is -2.42. The molecule has 10 heavy (non-hydrogen) atoms. The van der Waals surface area contributed by atoms with Gasteiger partial charge in [-0.15, -0.1) is 0 Å². The minimum absolute atomic E-state index is 0. The number of rotatable bonds is 0. The van der Waals surface area contributed by atoms with E-state index < -0.39 is 37.8 Å². The van der Waals surface area contributed by atoms with E-state index in [2.05, 4.69) is 0 Å². The van der Waals surface area contributed by atoms with Gasteiger partial charge < -0.3 is 38.3 Å². The first-order valence-corrected chi connectivity index (χ1v) is 2.97. The van der Waals surface area contributed by atoms with E-state index in [4.69, 9.17) is 1.88 Å². The van der Waals surface area contributed by atoms with Crippen LogP contribution >= 0.6 is 0 Å². The molecule has 10 heteroatoms. The Kier molecular flexibility index (Phi) is 3520. The van der Waals surface area contributed by atoms with Crippen LogP contribution in [0.25, 0.3) is 0 Å². The Morgan fingerprint density at radius 1 is 0.500 bits per heavy atom. The fourth-order valence-corrected chi connectivity index (χ4v) is 0. The van der Waals surface area contributed by atoms with Crippen LogP contribution in [0.4, 0.5) is 0 Å². The van der Waals surface area contributed by atoms with Crippen LogP contribution in [0.1, 0.15) is 0 Å². The molecule has 14 N–H and O–H groups in total. The molecule has 0 saturated heterocycles. The molecule has 0 radical (unpaired) electrons. The van der Waals surface area contributed by atoms with Gasteiger partial charge in [0.25, 0.3) is 0 Å². The monoisotopic (exact) mass is 298 g/mol. The molecule has 0 aromatic rings. The van der Waals surface area contributed by atoms with E-state index in [-0.39, 0.29) is 38.3 Å². The van der Waals surface area contributed by atoms with Crippen LogP contribution in [-0.4, -0.2) is 38.3 Å². The molecular weight excluding hydrogens is 284 g/mol. The standard InChI is InChI=1S/Ce.7H2O.2O/h;7*1H2;;. The van der Waals surface area contributed by atoms with Gasteiger partial charge in [-0.3, -0.25) is 0 Å². The van der Waals surface area contributed by atoms with E-state index in [0.717, 1.165) is 0 Å². The second kappa shape index (κ2) is 255. The molecule has 0 saturated carbocycles. The van der Waals surface area contributed by atoms with Crippen LogP contribution in [-0.2, 0) is 1.88 Å². The molecule has 0 heterocycles. The van der Waals surface area contributed by atoms with E-state index in [1.165, 1.54) is 0 Å². The molecule has 0 atom stereocenters. The van der Waals surface area contributed by atoms with Crippen molar-refractivity contribution in [2.75, 3.05) is 0 Å². The Bertz CT molecular complexity index is 25.7. The van der Waals surface area contributed by atoms with Crippen molar-refractivity contribution in [3.63, 3.8) is 0 Å². The van der Waals surface area contributed by atoms with Crippen molar-refractivity contribution >= 4 is 0 Å². The summed E-state index contributed by atoms with van der Waals surface area (Å²) in [4.78, 5) is 0. The van der Waals surface area contributed by atoms with Crippen LogP contribution in [0.5, 0.6) is 0 Å². The zero-order valence-electron chi connectivity index (χ0n) is 4.82. The summed E-state index contributed by atoms with van der Waals surface area (Å²) < 4.78 is 17.1. The summed E-state index contributed by atoms with van der Waals surface area (Å²) in [6, 6.07) is 0. The predicted molar refractivity (Wildman–Crippen MR) is 26.7 cm³/mol. The third kappa shape index (κ3) is 1060. The Morgan fingerprint density at radius 3 is 0.500 bits per heavy atom. The van der Waals surface area contributed by atoms with E-state index in [1.807, 2.05) is 0 Å². The van der Waals surface area contributed by atoms with Gasteiger partial charge in [0.1, 0.15) is 0 Å². The molecule has 0 aliphatic heterocycles. The first-order chi connectivity index (χ1) is 1.41. The van der Waals surface area contributed by atoms with Crippen molar-refractivity contribution in [3.8, 4) is 0 Å². The average molecular weight is 298 g/mol. The third-order valence-corrected chi connectivity index (χ3v) is 0. The topological polar surface area (TPSA) is 255 Å². The number of hydrogen-bond donors (Lipinski definition) is 0. The summed E-state index contributed by atoms with van der Waals surface area (Å²) in [6.07, 6.45) is 0. The molecule has 0 unspecified atom stereocenters. The molecular formula is H14CeO9. The van der Waals surface area contributed by atoms with Gasteiger partial charge in [0, 0.05) is 0 Å². The maximum atomic E-state index is 8.57. The average Bonchev–Trinajstić information content (AvgIpc) is 0.918. The molecule has 0 bridgehead atoms. The van der Waals surface area contributed by atoms with Crippen LogP contribution in [0, 0.1) is 37.8 Å². The molecule has 0 aromatic heterocycles. The van der Waals surface area contributed by atoms with Crippen LogP contribution < -0.4 is 0 Å². The second-order valence-corrected chi connectivity index (χ2v) is 0.607. The molecule has 0 rings (SSSR count). The third-order valence-electron chi connectivity index (χ3n) is 0. The van der Waals surface area contributed by atoms with Gasteiger partial charge in [-0.1, -0.05) is 0 Å². The van der Waals surface area contributed by atoms with Crippen LogP contribution in [0.3, 0.4) is 0 Å². The molecule has 0 aliphatic rings. The van der Waals surface area contributed by atoms with E-state index >= 15 is 0 Å². The van der Waals surface area contributed by atoms with E-state index in [9.17, 15) is 0 Å². The quantitative estimate of drug-likeness (QED) is 0.422. The van der Waals surface area contributed by atoms with Crippen LogP contribution in [0.15, 0.2) is 0 Å². The Morgan fingerprint density at radius 2 is 0.500 bits per heavy atom. The fourth-order valence-electron chi connectivity index (χ4n) is 0. The Labute approximate surface area is 77.6 Å². The van der Waals surface area contributed by atoms with Crippen molar-refractivity contribution in [2.24, 2.45) is 0 Å². The predicted octanol–water partition coefficient (Wildman–Crippen LogP) is -6.01. The molecule has 0 amide bonds. The van der Waals surface area contributed by atoms with Crippen molar-refractivity contribution in [1.82, 2.24) is 0 Å². The van der Waals surface area contributed by atoms with Gasteiger partial charge in [0.2, 0.25) is 0 Å². The van der Waals surface area contributed by atoms with Gasteiger partial charge in [0.05, 0.1) is 0 Å². The molecule has 0 spiro atoms. The van der Waals surface area contributed by atoms with Gasteiger partial charge in [0.15, 0.2) is 0 Å². The van der Waals surface area contributed by atoms with Crippen LogP contribution in [0.2, 0.25) is 0 Å². The Hall–Kier alpha value is 0.697. The molecule has 72 valence electrons. The van der Waals surface area contributed by atoms with Crippen molar-refractivity contribution in [1.29, 1.82) is 0 Å². The minimum atomic E-state index is -2.42. The van der Waals surface area contributed by atoms with E-state index in [0.29, 0.717) is 0 Å². The summed E-state index contributed by atoms with van der Waals surface area (Å²) in [5.74, 6) is 0. The van der Waals surface area contributed by atoms with E-state index in [1.54, 1.807) is 0 Å². The first-order valence-electron chi connectivity index (χ1n) is 0.408. The van der Waals surface area contributed by atoms with Crippen molar-refractivity contribution in [3.05, 3.63) is 0 Å². The molecule has 0 aromatic carbocycles. The van der Waals surface area contributed by atoms with Gasteiger partial charge >= 0.3 is 39.7 Å². The van der Waals surface area contributed by atoms with Crippen molar-refractivity contribution in [2.45, 2.75) is 0 Å². The van der Waals surface area contributed by atoms with Gasteiger partial charge in [-0.25, -0.2) is 0 Å². The Balaban J connectivity index is -0.000000000952. The zero-order valence-corrected chi connectivity index (χ0v) is 7.96. The maximum absolute atomic E-state index is 8.57.